The van der Waals surface area contributed by atoms with E-state index >= 15 is 0 Å². The average molecular weight is 280 g/mol. The SMILES string of the molecule is CCCCC1(CSCC)C(=O)NC(=O)N=C1[O-].[Na+]. The Morgan fingerprint density at radius 3 is 2.56 bits per heavy atom. The van der Waals surface area contributed by atoms with E-state index in [9.17, 15) is 14.7 Å². The number of amides is 3. The zero-order chi connectivity index (χ0) is 12.9. The molecule has 0 spiro atoms. The zero-order valence-corrected chi connectivity index (χ0v) is 13.9. The maximum atomic E-state index is 11.9. The summed E-state index contributed by atoms with van der Waals surface area (Å²) >= 11 is 1.52. The Hall–Kier alpha value is -0.0400. The summed E-state index contributed by atoms with van der Waals surface area (Å²) in [5.41, 5.74) is -1.13. The molecule has 3 amide bonds. The zero-order valence-electron chi connectivity index (χ0n) is 11.1. The van der Waals surface area contributed by atoms with E-state index in [2.05, 4.69) is 10.3 Å². The van der Waals surface area contributed by atoms with Gasteiger partial charge in [0.15, 0.2) is 0 Å². The van der Waals surface area contributed by atoms with E-state index in [1.54, 1.807) is 0 Å². The van der Waals surface area contributed by atoms with Gasteiger partial charge in [0, 0.05) is 5.75 Å². The van der Waals surface area contributed by atoms with Gasteiger partial charge in [-0.3, -0.25) is 10.1 Å². The molecule has 1 heterocycles. The third-order valence-corrected chi connectivity index (χ3v) is 3.88. The fraction of sp³-hybridized carbons (Fsp3) is 0.727. The van der Waals surface area contributed by atoms with Crippen LogP contribution in [-0.4, -0.2) is 29.3 Å². The van der Waals surface area contributed by atoms with Gasteiger partial charge < -0.3 is 5.11 Å². The van der Waals surface area contributed by atoms with Crippen LogP contribution in [0.3, 0.4) is 0 Å². The summed E-state index contributed by atoms with van der Waals surface area (Å²) in [4.78, 5) is 26.3. The van der Waals surface area contributed by atoms with Gasteiger partial charge in [-0.15, -0.1) is 0 Å². The number of thioether (sulfide) groups is 1. The maximum Gasteiger partial charge on any atom is 1.00 e. The number of aliphatic imine (C=N–C) groups is 1. The molecule has 0 saturated heterocycles. The number of urea groups is 1. The molecule has 0 radical (unpaired) electrons. The summed E-state index contributed by atoms with van der Waals surface area (Å²) in [7, 11) is 0. The number of hydrogen-bond acceptors (Lipinski definition) is 4. The summed E-state index contributed by atoms with van der Waals surface area (Å²) in [6.45, 7) is 3.96. The van der Waals surface area contributed by atoms with Crippen LogP contribution in [0.1, 0.15) is 33.1 Å². The van der Waals surface area contributed by atoms with Crippen molar-refractivity contribution in [3.05, 3.63) is 0 Å². The van der Waals surface area contributed by atoms with Crippen molar-refractivity contribution < 1.29 is 44.3 Å². The molecule has 18 heavy (non-hydrogen) atoms. The van der Waals surface area contributed by atoms with E-state index in [1.165, 1.54) is 11.8 Å². The molecule has 0 saturated carbocycles. The minimum atomic E-state index is -1.13. The molecule has 1 aliphatic heterocycles. The minimum absolute atomic E-state index is 0. The second-order valence-corrected chi connectivity index (χ2v) is 5.27. The molecule has 1 rings (SSSR count). The first-order chi connectivity index (χ1) is 8.06. The summed E-state index contributed by atoms with van der Waals surface area (Å²) < 4.78 is 0. The van der Waals surface area contributed by atoms with Crippen LogP contribution in [0.5, 0.6) is 0 Å². The van der Waals surface area contributed by atoms with Gasteiger partial charge >= 0.3 is 35.6 Å². The van der Waals surface area contributed by atoms with E-state index < -0.39 is 23.3 Å². The molecule has 1 atom stereocenters. The topological polar surface area (TPSA) is 81.6 Å². The van der Waals surface area contributed by atoms with Crippen LogP contribution < -0.4 is 40.0 Å². The number of imide groups is 1. The van der Waals surface area contributed by atoms with Gasteiger partial charge in [-0.2, -0.15) is 11.8 Å². The third-order valence-electron chi connectivity index (χ3n) is 2.78. The molecular weight excluding hydrogens is 263 g/mol. The van der Waals surface area contributed by atoms with Crippen molar-refractivity contribution in [2.24, 2.45) is 10.4 Å². The summed E-state index contributed by atoms with van der Waals surface area (Å²) in [5.74, 6) is 0.144. The summed E-state index contributed by atoms with van der Waals surface area (Å²) in [6, 6.07) is -0.839. The second kappa shape index (κ2) is 8.19. The first kappa shape index (κ1) is 18.0. The minimum Gasteiger partial charge on any atom is -0.861 e. The van der Waals surface area contributed by atoms with Crippen LogP contribution in [0.2, 0.25) is 0 Å². The monoisotopic (exact) mass is 280 g/mol. The van der Waals surface area contributed by atoms with E-state index in [0.29, 0.717) is 12.2 Å². The van der Waals surface area contributed by atoms with Gasteiger partial charge in [0.05, 0.1) is 5.41 Å². The van der Waals surface area contributed by atoms with Crippen LogP contribution in [0.15, 0.2) is 4.99 Å². The molecule has 0 aromatic heterocycles. The van der Waals surface area contributed by atoms with Crippen LogP contribution in [0, 0.1) is 5.41 Å². The first-order valence-corrected chi connectivity index (χ1v) is 6.91. The van der Waals surface area contributed by atoms with E-state index in [-0.39, 0.29) is 29.6 Å². The van der Waals surface area contributed by atoms with Crippen molar-refractivity contribution in [3.8, 4) is 0 Å². The van der Waals surface area contributed by atoms with Gasteiger partial charge in [-0.25, -0.2) is 9.79 Å². The third kappa shape index (κ3) is 3.98. The maximum absolute atomic E-state index is 11.9. The van der Waals surface area contributed by atoms with Crippen molar-refractivity contribution in [2.75, 3.05) is 11.5 Å². The number of rotatable bonds is 6. The van der Waals surface area contributed by atoms with Crippen molar-refractivity contribution in [1.82, 2.24) is 5.32 Å². The normalized spacial score (nSPS) is 23.1. The summed E-state index contributed by atoms with van der Waals surface area (Å²) in [5, 5.41) is 14.0. The number of carbonyl (C=O) groups excluding carboxylic acids is 2. The molecular formula is C11H17N2NaO3S. The van der Waals surface area contributed by atoms with Gasteiger partial charge in [-0.05, 0) is 18.1 Å². The first-order valence-electron chi connectivity index (χ1n) is 5.76. The van der Waals surface area contributed by atoms with E-state index in [4.69, 9.17) is 0 Å². The Balaban J connectivity index is 0.00000289. The Kier molecular flexibility index (Phi) is 8.18. The molecule has 7 heteroatoms. The van der Waals surface area contributed by atoms with E-state index in [1.807, 2.05) is 13.8 Å². The van der Waals surface area contributed by atoms with Crippen LogP contribution in [0.25, 0.3) is 0 Å². The Bertz CT molecular complexity index is 339. The molecule has 0 fully saturated rings. The quantitative estimate of drug-likeness (QED) is 0.567. The van der Waals surface area contributed by atoms with E-state index in [0.717, 1.165) is 18.6 Å². The van der Waals surface area contributed by atoms with Crippen molar-refractivity contribution >= 4 is 29.6 Å². The fourth-order valence-corrected chi connectivity index (χ4v) is 2.67. The van der Waals surface area contributed by atoms with Crippen molar-refractivity contribution in [1.29, 1.82) is 0 Å². The molecule has 5 nitrogen and oxygen atoms in total. The van der Waals surface area contributed by atoms with Gasteiger partial charge in [-0.1, -0.05) is 26.7 Å². The molecule has 0 aromatic rings. The van der Waals surface area contributed by atoms with Crippen molar-refractivity contribution in [2.45, 2.75) is 33.1 Å². The molecule has 1 unspecified atom stereocenters. The molecule has 0 bridgehead atoms. The molecule has 96 valence electrons. The Morgan fingerprint density at radius 2 is 2.06 bits per heavy atom. The number of carbonyl (C=O) groups is 2. The van der Waals surface area contributed by atoms with Crippen molar-refractivity contribution in [3.63, 3.8) is 0 Å². The smallest absolute Gasteiger partial charge is 0.861 e. The van der Waals surface area contributed by atoms with Gasteiger partial charge in [0.1, 0.15) is 0 Å². The number of hydrogen-bond donors (Lipinski definition) is 1. The Labute approximate surface area is 133 Å². The molecule has 1 aliphatic rings. The van der Waals surface area contributed by atoms with Crippen LogP contribution in [-0.2, 0) is 4.79 Å². The molecule has 1 N–H and O–H groups in total. The van der Waals surface area contributed by atoms with Gasteiger partial charge in [0.2, 0.25) is 5.91 Å². The average Bonchev–Trinajstić information content (AvgIpc) is 2.27. The predicted molar refractivity (Wildman–Crippen MR) is 65.9 cm³/mol. The van der Waals surface area contributed by atoms with Crippen LogP contribution >= 0.6 is 11.8 Å². The number of nitrogens with one attached hydrogen (secondary N) is 1. The van der Waals surface area contributed by atoms with Gasteiger partial charge in [0.25, 0.3) is 0 Å². The summed E-state index contributed by atoms with van der Waals surface area (Å²) in [6.07, 6.45) is 2.12. The number of unbranched alkanes of at least 4 members (excludes halogenated alkanes) is 1. The second-order valence-electron chi connectivity index (χ2n) is 4.00. The Morgan fingerprint density at radius 1 is 1.39 bits per heavy atom. The fourth-order valence-electron chi connectivity index (χ4n) is 1.72. The predicted octanol–water partition coefficient (Wildman–Crippen LogP) is -2.07. The van der Waals surface area contributed by atoms with Crippen LogP contribution in [0.4, 0.5) is 4.79 Å². The molecule has 0 aliphatic carbocycles. The molecule has 0 aromatic carbocycles. The number of nitrogens with zero attached hydrogens (tertiary/aromatic N) is 1. The standard InChI is InChI=1S/C11H18N2O3S.Na/c1-3-5-6-11(7-17-4-2)8(14)12-10(16)13-9(11)15;/h3-7H2,1-2H3,(H2,12,13,14,15,16);/q;+1/p-1. The largest absolute Gasteiger partial charge is 1.00 e.